The number of benzene rings is 1. The van der Waals surface area contributed by atoms with E-state index in [1.165, 1.54) is 38.8 Å². The molecule has 2 saturated heterocycles. The Morgan fingerprint density at radius 3 is 2.57 bits per heavy atom. The second-order valence-electron chi connectivity index (χ2n) is 8.01. The molecule has 3 aliphatic heterocycles. The summed E-state index contributed by atoms with van der Waals surface area (Å²) in [5.41, 5.74) is 5.32. The number of aryl methyl sites for hydroxylation is 1. The summed E-state index contributed by atoms with van der Waals surface area (Å²) >= 11 is 1.90. The van der Waals surface area contributed by atoms with Crippen LogP contribution in [0.2, 0.25) is 0 Å². The average molecular weight is 426 g/mol. The summed E-state index contributed by atoms with van der Waals surface area (Å²) in [6.07, 6.45) is 3.65. The van der Waals surface area contributed by atoms with Gasteiger partial charge in [-0.25, -0.2) is 0 Å². The molecule has 1 aromatic carbocycles. The molecule has 0 aliphatic carbocycles. The zero-order valence-electron chi connectivity index (χ0n) is 18.7. The van der Waals surface area contributed by atoms with Crippen LogP contribution in [0.3, 0.4) is 0 Å². The van der Waals surface area contributed by atoms with E-state index in [-0.39, 0.29) is 6.04 Å². The number of hydrogen-bond donors (Lipinski definition) is 3. The van der Waals surface area contributed by atoms with Gasteiger partial charge in [-0.2, -0.15) is 0 Å². The van der Waals surface area contributed by atoms with Crippen molar-refractivity contribution in [3.8, 4) is 0 Å². The van der Waals surface area contributed by atoms with E-state index >= 15 is 0 Å². The van der Waals surface area contributed by atoms with Crippen molar-refractivity contribution in [1.82, 2.24) is 15.5 Å². The van der Waals surface area contributed by atoms with E-state index in [9.17, 15) is 0 Å². The molecule has 6 heteroatoms. The number of likely N-dealkylation sites (N-methyl/N-ethyl adjacent to an activating group) is 1. The molecule has 5 nitrogen and oxygen atoms in total. The van der Waals surface area contributed by atoms with Crippen molar-refractivity contribution in [1.29, 1.82) is 0 Å². The van der Waals surface area contributed by atoms with Gasteiger partial charge in [0.15, 0.2) is 0 Å². The Morgan fingerprint density at radius 1 is 1.10 bits per heavy atom. The van der Waals surface area contributed by atoms with Gasteiger partial charge in [-0.3, -0.25) is 5.32 Å². The van der Waals surface area contributed by atoms with Crippen molar-refractivity contribution in [2.24, 2.45) is 0 Å². The van der Waals surface area contributed by atoms with Crippen molar-refractivity contribution in [2.45, 2.75) is 39.3 Å². The fourth-order valence-electron chi connectivity index (χ4n) is 4.52. The highest BCUT2D eigenvalue weighted by Crippen LogP contribution is 2.43. The molecule has 4 heterocycles. The second-order valence-corrected chi connectivity index (χ2v) is 9.26. The number of thiophene rings is 1. The molecule has 3 N–H and O–H groups in total. The first-order chi connectivity index (χ1) is 14.7. The lowest BCUT2D eigenvalue weighted by Crippen LogP contribution is -2.30. The molecular formula is C24H35N5S. The minimum Gasteiger partial charge on any atom is -0.373 e. The normalized spacial score (nSPS) is 22.9. The van der Waals surface area contributed by atoms with E-state index in [4.69, 9.17) is 0 Å². The number of likely N-dealkylation sites (tertiary alicyclic amines) is 1. The first kappa shape index (κ1) is 21.2. The molecule has 2 atom stereocenters. The van der Waals surface area contributed by atoms with Gasteiger partial charge < -0.3 is 20.4 Å². The summed E-state index contributed by atoms with van der Waals surface area (Å²) in [6, 6.07) is 12.2. The molecule has 0 radical (unpaired) electrons. The maximum atomic E-state index is 3.77. The summed E-state index contributed by atoms with van der Waals surface area (Å²) in [6.45, 7) is 11.5. The van der Waals surface area contributed by atoms with E-state index in [1.807, 2.05) is 25.2 Å². The predicted molar refractivity (Wildman–Crippen MR) is 130 cm³/mol. The number of nitrogens with one attached hydrogen (secondary N) is 3. The largest absolute Gasteiger partial charge is 0.373 e. The molecule has 162 valence electrons. The summed E-state index contributed by atoms with van der Waals surface area (Å²) in [5, 5.41) is 10.6. The monoisotopic (exact) mass is 425 g/mol. The van der Waals surface area contributed by atoms with Crippen LogP contribution in [0.5, 0.6) is 0 Å². The van der Waals surface area contributed by atoms with Crippen LogP contribution in [0, 0.1) is 6.92 Å². The first-order valence-corrected chi connectivity index (χ1v) is 12.1. The fraction of sp³-hybridized carbons (Fsp3) is 0.500. The van der Waals surface area contributed by atoms with E-state index in [0.717, 1.165) is 32.8 Å². The van der Waals surface area contributed by atoms with Gasteiger partial charge in [-0.15, -0.1) is 11.3 Å². The zero-order chi connectivity index (χ0) is 21.1. The van der Waals surface area contributed by atoms with Crippen molar-refractivity contribution in [3.05, 3.63) is 51.7 Å². The number of anilines is 2. The minimum absolute atomic E-state index is 0.218. The molecule has 2 fully saturated rings. The Kier molecular flexibility index (Phi) is 6.66. The summed E-state index contributed by atoms with van der Waals surface area (Å²) in [5.74, 6) is 0. The Hall–Kier alpha value is -2.02. The Balaban J connectivity index is 0.00000106. The maximum absolute atomic E-state index is 3.77. The van der Waals surface area contributed by atoms with Crippen LogP contribution in [-0.2, 0) is 0 Å². The first-order valence-electron chi connectivity index (χ1n) is 11.3. The lowest BCUT2D eigenvalue weighted by Gasteiger charge is -2.30. The molecule has 0 bridgehead atoms. The third kappa shape index (κ3) is 4.22. The maximum Gasteiger partial charge on any atom is 0.0736 e. The van der Waals surface area contributed by atoms with Crippen LogP contribution in [0.4, 0.5) is 11.4 Å². The van der Waals surface area contributed by atoms with Crippen LogP contribution < -0.4 is 20.9 Å². The minimum atomic E-state index is 0.218. The molecule has 0 saturated carbocycles. The van der Waals surface area contributed by atoms with E-state index in [1.54, 1.807) is 0 Å². The highest BCUT2D eigenvalue weighted by Gasteiger charge is 2.30. The highest BCUT2D eigenvalue weighted by molar-refractivity contribution is 7.13. The number of rotatable bonds is 4. The van der Waals surface area contributed by atoms with Gasteiger partial charge in [0.25, 0.3) is 0 Å². The van der Waals surface area contributed by atoms with Gasteiger partial charge in [0.1, 0.15) is 0 Å². The summed E-state index contributed by atoms with van der Waals surface area (Å²) in [4.78, 5) is 7.71. The third-order valence-electron chi connectivity index (χ3n) is 6.14. The van der Waals surface area contributed by atoms with Gasteiger partial charge in [0.05, 0.1) is 29.0 Å². The molecule has 2 aromatic rings. The molecule has 0 spiro atoms. The lowest BCUT2D eigenvalue weighted by molar-refractivity contribution is 0.469. The van der Waals surface area contributed by atoms with E-state index < -0.39 is 0 Å². The van der Waals surface area contributed by atoms with Crippen molar-refractivity contribution < 1.29 is 0 Å². The van der Waals surface area contributed by atoms with Gasteiger partial charge in [-0.1, -0.05) is 26.0 Å². The molecule has 5 rings (SSSR count). The van der Waals surface area contributed by atoms with Crippen molar-refractivity contribution >= 4 is 28.4 Å². The van der Waals surface area contributed by atoms with Crippen molar-refractivity contribution in [2.75, 3.05) is 50.1 Å². The van der Waals surface area contributed by atoms with Crippen LogP contribution in [0.25, 0.3) is 5.70 Å². The fourth-order valence-corrected chi connectivity index (χ4v) is 5.55. The Bertz CT molecular complexity index is 866. The third-order valence-corrected chi connectivity index (χ3v) is 7.21. The van der Waals surface area contributed by atoms with E-state index in [0.29, 0.717) is 6.04 Å². The lowest BCUT2D eigenvalue weighted by atomic mass is 10.0. The SMILES string of the molecule is CC.CNC1CCN(C2=CC(c3ccc(N4CCNC4)cc3)Nc3cc(C)sc32)C1. The highest BCUT2D eigenvalue weighted by atomic mass is 32.1. The smallest absolute Gasteiger partial charge is 0.0736 e. The standard InChI is InChI=1S/C22H29N5S.C2H6/c1-15-11-20-22(28-15)21(26-9-7-17(13-26)23-2)12-19(25-20)16-3-5-18(6-4-16)27-10-8-24-14-27;1-2/h3-6,11-12,17,19,23-25H,7-10,13-14H2,1-2H3;1-2H3. The molecule has 3 aliphatic rings. The molecule has 2 unspecified atom stereocenters. The van der Waals surface area contributed by atoms with Gasteiger partial charge in [0.2, 0.25) is 0 Å². The van der Waals surface area contributed by atoms with Crippen LogP contribution in [0.1, 0.15) is 41.6 Å². The molecule has 1 aromatic heterocycles. The average Bonchev–Trinajstić information content (AvgIpc) is 3.54. The quantitative estimate of drug-likeness (QED) is 0.683. The van der Waals surface area contributed by atoms with Crippen LogP contribution >= 0.6 is 11.3 Å². The van der Waals surface area contributed by atoms with Crippen LogP contribution in [-0.4, -0.2) is 50.8 Å². The number of fused-ring (bicyclic) bond motifs is 1. The Labute approximate surface area is 185 Å². The van der Waals surface area contributed by atoms with Gasteiger partial charge in [-0.05, 0) is 50.2 Å². The van der Waals surface area contributed by atoms with Gasteiger partial charge >= 0.3 is 0 Å². The van der Waals surface area contributed by atoms with Gasteiger partial charge in [0, 0.05) is 42.8 Å². The molecule has 30 heavy (non-hydrogen) atoms. The summed E-state index contributed by atoms with van der Waals surface area (Å²) in [7, 11) is 2.08. The zero-order valence-corrected chi connectivity index (χ0v) is 19.5. The number of nitrogens with zero attached hydrogens (tertiary/aromatic N) is 2. The molecule has 0 amide bonds. The summed E-state index contributed by atoms with van der Waals surface area (Å²) < 4.78 is 0. The second kappa shape index (κ2) is 9.41. The van der Waals surface area contributed by atoms with E-state index in [2.05, 4.69) is 76.1 Å². The predicted octanol–water partition coefficient (Wildman–Crippen LogP) is 4.25. The van der Waals surface area contributed by atoms with Crippen molar-refractivity contribution in [3.63, 3.8) is 0 Å². The van der Waals surface area contributed by atoms with Crippen LogP contribution in [0.15, 0.2) is 36.4 Å². The Morgan fingerprint density at radius 2 is 1.90 bits per heavy atom. The number of hydrogen-bond acceptors (Lipinski definition) is 6. The molecular weight excluding hydrogens is 390 g/mol. The topological polar surface area (TPSA) is 42.6 Å².